The SMILES string of the molecule is Cl.O=C(Nc1cccc2c1OCCO2)C1CC12CCNCC2. The van der Waals surface area contributed by atoms with Crippen LogP contribution >= 0.6 is 12.4 Å². The number of benzene rings is 1. The van der Waals surface area contributed by atoms with Crippen LogP contribution < -0.4 is 20.1 Å². The van der Waals surface area contributed by atoms with E-state index in [1.54, 1.807) is 0 Å². The van der Waals surface area contributed by atoms with E-state index in [0.717, 1.165) is 38.0 Å². The van der Waals surface area contributed by atoms with Gasteiger partial charge in [-0.15, -0.1) is 12.4 Å². The molecule has 1 saturated carbocycles. The van der Waals surface area contributed by atoms with Gasteiger partial charge < -0.3 is 20.1 Å². The topological polar surface area (TPSA) is 59.6 Å². The standard InChI is InChI=1S/C16H20N2O3.ClH/c19-15(11-10-16(11)4-6-17-7-5-16)18-12-2-1-3-13-14(12)21-9-8-20-13;/h1-3,11,17H,4-10H2,(H,18,19);1H. The predicted octanol–water partition coefficient (Wildman–Crippen LogP) is 2.21. The summed E-state index contributed by atoms with van der Waals surface area (Å²) in [6.45, 7) is 3.14. The van der Waals surface area contributed by atoms with Crippen LogP contribution in [0, 0.1) is 11.3 Å². The molecular weight excluding hydrogens is 304 g/mol. The first-order chi connectivity index (χ1) is 10.3. The molecule has 1 spiro atoms. The average Bonchev–Trinajstić information content (AvgIpc) is 3.22. The van der Waals surface area contributed by atoms with Gasteiger partial charge in [0.25, 0.3) is 0 Å². The molecule has 2 N–H and O–H groups in total. The van der Waals surface area contributed by atoms with E-state index in [2.05, 4.69) is 10.6 Å². The lowest BCUT2D eigenvalue weighted by molar-refractivity contribution is -0.118. The molecule has 4 rings (SSSR count). The van der Waals surface area contributed by atoms with E-state index >= 15 is 0 Å². The molecule has 1 amide bonds. The van der Waals surface area contributed by atoms with E-state index in [1.807, 2.05) is 18.2 Å². The number of para-hydroxylation sites is 1. The molecule has 1 aromatic rings. The molecule has 0 aromatic heterocycles. The van der Waals surface area contributed by atoms with Crippen molar-refractivity contribution in [3.05, 3.63) is 18.2 Å². The molecular formula is C16H21ClN2O3. The minimum Gasteiger partial charge on any atom is -0.486 e. The number of ether oxygens (including phenoxy) is 2. The van der Waals surface area contributed by atoms with Crippen molar-refractivity contribution in [1.82, 2.24) is 5.32 Å². The zero-order valence-electron chi connectivity index (χ0n) is 12.4. The maximum atomic E-state index is 12.5. The molecule has 1 saturated heterocycles. The monoisotopic (exact) mass is 324 g/mol. The fourth-order valence-electron chi connectivity index (χ4n) is 3.59. The number of hydrogen-bond acceptors (Lipinski definition) is 4. The van der Waals surface area contributed by atoms with E-state index in [4.69, 9.17) is 9.47 Å². The lowest BCUT2D eigenvalue weighted by Gasteiger charge is -2.24. The summed E-state index contributed by atoms with van der Waals surface area (Å²) in [5.74, 6) is 1.66. The van der Waals surface area contributed by atoms with Gasteiger partial charge in [-0.1, -0.05) is 6.07 Å². The Labute approximate surface area is 136 Å². The third-order valence-corrected chi connectivity index (χ3v) is 4.93. The van der Waals surface area contributed by atoms with Gasteiger partial charge in [0, 0.05) is 5.92 Å². The Bertz CT molecular complexity index is 573. The first-order valence-electron chi connectivity index (χ1n) is 7.69. The molecule has 0 bridgehead atoms. The number of carbonyl (C=O) groups excluding carboxylic acids is 1. The van der Waals surface area contributed by atoms with E-state index in [-0.39, 0.29) is 29.6 Å². The Kier molecular flexibility index (Phi) is 4.19. The van der Waals surface area contributed by atoms with Crippen LogP contribution in [0.4, 0.5) is 5.69 Å². The van der Waals surface area contributed by atoms with Crippen molar-refractivity contribution < 1.29 is 14.3 Å². The smallest absolute Gasteiger partial charge is 0.228 e. The van der Waals surface area contributed by atoms with Gasteiger partial charge in [-0.05, 0) is 49.9 Å². The predicted molar refractivity (Wildman–Crippen MR) is 86.0 cm³/mol. The quantitative estimate of drug-likeness (QED) is 0.875. The average molecular weight is 325 g/mol. The zero-order chi connectivity index (χ0) is 14.3. The Hall–Kier alpha value is -1.46. The third-order valence-electron chi connectivity index (χ3n) is 4.93. The minimum absolute atomic E-state index is 0. The molecule has 3 aliphatic rings. The maximum absolute atomic E-state index is 12.5. The summed E-state index contributed by atoms with van der Waals surface area (Å²) in [7, 11) is 0. The molecule has 6 heteroatoms. The number of piperidine rings is 1. The van der Waals surface area contributed by atoms with Gasteiger partial charge >= 0.3 is 0 Å². The van der Waals surface area contributed by atoms with Gasteiger partial charge in [0.1, 0.15) is 13.2 Å². The molecule has 120 valence electrons. The van der Waals surface area contributed by atoms with Crippen molar-refractivity contribution in [3.8, 4) is 11.5 Å². The van der Waals surface area contributed by atoms with Gasteiger partial charge in [0.15, 0.2) is 11.5 Å². The summed E-state index contributed by atoms with van der Waals surface area (Å²) in [6, 6.07) is 5.63. The fraction of sp³-hybridized carbons (Fsp3) is 0.562. The van der Waals surface area contributed by atoms with Crippen LogP contribution in [-0.4, -0.2) is 32.2 Å². The van der Waals surface area contributed by atoms with E-state index in [0.29, 0.717) is 24.7 Å². The highest BCUT2D eigenvalue weighted by Crippen LogP contribution is 2.59. The van der Waals surface area contributed by atoms with Crippen LogP contribution in [0.1, 0.15) is 19.3 Å². The van der Waals surface area contributed by atoms with Crippen molar-refractivity contribution in [2.75, 3.05) is 31.6 Å². The second-order valence-corrected chi connectivity index (χ2v) is 6.19. The molecule has 22 heavy (non-hydrogen) atoms. The molecule has 5 nitrogen and oxygen atoms in total. The molecule has 2 fully saturated rings. The highest BCUT2D eigenvalue weighted by molar-refractivity contribution is 5.96. The lowest BCUT2D eigenvalue weighted by atomic mass is 9.92. The molecule has 2 heterocycles. The molecule has 0 radical (unpaired) electrons. The molecule has 1 atom stereocenters. The number of amides is 1. The van der Waals surface area contributed by atoms with Crippen molar-refractivity contribution in [2.24, 2.45) is 11.3 Å². The summed E-state index contributed by atoms with van der Waals surface area (Å²) in [5, 5.41) is 6.40. The first kappa shape index (κ1) is 15.4. The zero-order valence-corrected chi connectivity index (χ0v) is 13.2. The minimum atomic E-state index is 0. The van der Waals surface area contributed by atoms with Gasteiger partial charge in [0.05, 0.1) is 5.69 Å². The summed E-state index contributed by atoms with van der Waals surface area (Å²) >= 11 is 0. The van der Waals surface area contributed by atoms with Crippen LogP contribution in [0.2, 0.25) is 0 Å². The van der Waals surface area contributed by atoms with Crippen molar-refractivity contribution in [3.63, 3.8) is 0 Å². The summed E-state index contributed by atoms with van der Waals surface area (Å²) in [6.07, 6.45) is 3.24. The largest absolute Gasteiger partial charge is 0.486 e. The van der Waals surface area contributed by atoms with Crippen LogP contribution in [0.5, 0.6) is 11.5 Å². The Morgan fingerprint density at radius 2 is 2.00 bits per heavy atom. The molecule has 1 aliphatic carbocycles. The number of rotatable bonds is 2. The number of fused-ring (bicyclic) bond motifs is 1. The second-order valence-electron chi connectivity index (χ2n) is 6.19. The number of carbonyl (C=O) groups is 1. The number of hydrogen-bond donors (Lipinski definition) is 2. The van der Waals surface area contributed by atoms with Crippen LogP contribution in [0.3, 0.4) is 0 Å². The summed E-state index contributed by atoms with van der Waals surface area (Å²) in [5.41, 5.74) is 0.981. The highest BCUT2D eigenvalue weighted by Gasteiger charge is 2.57. The fourth-order valence-corrected chi connectivity index (χ4v) is 3.59. The van der Waals surface area contributed by atoms with Crippen LogP contribution in [0.25, 0.3) is 0 Å². The maximum Gasteiger partial charge on any atom is 0.228 e. The lowest BCUT2D eigenvalue weighted by Crippen LogP contribution is -2.31. The Balaban J connectivity index is 0.00000144. The van der Waals surface area contributed by atoms with Gasteiger partial charge in [0.2, 0.25) is 5.91 Å². The third kappa shape index (κ3) is 2.63. The van der Waals surface area contributed by atoms with Gasteiger partial charge in [-0.3, -0.25) is 4.79 Å². The Morgan fingerprint density at radius 3 is 2.82 bits per heavy atom. The van der Waals surface area contributed by atoms with E-state index in [9.17, 15) is 4.79 Å². The summed E-state index contributed by atoms with van der Waals surface area (Å²) in [4.78, 5) is 12.5. The van der Waals surface area contributed by atoms with E-state index < -0.39 is 0 Å². The Morgan fingerprint density at radius 1 is 1.23 bits per heavy atom. The van der Waals surface area contributed by atoms with Crippen molar-refractivity contribution in [2.45, 2.75) is 19.3 Å². The normalized spacial score (nSPS) is 24.3. The van der Waals surface area contributed by atoms with E-state index in [1.165, 1.54) is 0 Å². The van der Waals surface area contributed by atoms with Gasteiger partial charge in [-0.2, -0.15) is 0 Å². The second kappa shape index (κ2) is 5.97. The summed E-state index contributed by atoms with van der Waals surface area (Å²) < 4.78 is 11.2. The molecule has 1 unspecified atom stereocenters. The molecule has 2 aliphatic heterocycles. The first-order valence-corrected chi connectivity index (χ1v) is 7.69. The van der Waals surface area contributed by atoms with Gasteiger partial charge in [-0.25, -0.2) is 0 Å². The number of anilines is 1. The number of halogens is 1. The van der Waals surface area contributed by atoms with Crippen molar-refractivity contribution in [1.29, 1.82) is 0 Å². The number of nitrogens with one attached hydrogen (secondary N) is 2. The molecule has 1 aromatic carbocycles. The van der Waals surface area contributed by atoms with Crippen LogP contribution in [-0.2, 0) is 4.79 Å². The van der Waals surface area contributed by atoms with Crippen LogP contribution in [0.15, 0.2) is 18.2 Å². The van der Waals surface area contributed by atoms with Crippen molar-refractivity contribution >= 4 is 24.0 Å². The highest BCUT2D eigenvalue weighted by atomic mass is 35.5.